The predicted octanol–water partition coefficient (Wildman–Crippen LogP) is 1.53. The van der Waals surface area contributed by atoms with Crippen LogP contribution in [0, 0.1) is 11.8 Å². The third-order valence-corrected chi connectivity index (χ3v) is 4.32. The first-order chi connectivity index (χ1) is 13.2. The number of likely N-dealkylation sites (tertiary alicyclic amines) is 1. The molecule has 1 saturated heterocycles. The van der Waals surface area contributed by atoms with Gasteiger partial charge in [0.05, 0.1) is 6.54 Å². The molecule has 2 heterocycles. The van der Waals surface area contributed by atoms with Gasteiger partial charge in [0.1, 0.15) is 13.2 Å². The van der Waals surface area contributed by atoms with Gasteiger partial charge in [-0.1, -0.05) is 13.8 Å². The van der Waals surface area contributed by atoms with Gasteiger partial charge in [0, 0.05) is 24.8 Å². The number of aliphatic carboxylic acids is 2. The van der Waals surface area contributed by atoms with Gasteiger partial charge in [0.25, 0.3) is 0 Å². The number of nitrogens with zero attached hydrogens (tertiary/aromatic N) is 1. The van der Waals surface area contributed by atoms with E-state index < -0.39 is 11.9 Å². The van der Waals surface area contributed by atoms with Gasteiger partial charge in [0.2, 0.25) is 5.91 Å². The Labute approximate surface area is 163 Å². The summed E-state index contributed by atoms with van der Waals surface area (Å²) in [4.78, 5) is 32.7. The quantitative estimate of drug-likeness (QED) is 0.659. The van der Waals surface area contributed by atoms with Gasteiger partial charge in [0.15, 0.2) is 11.5 Å². The molecule has 3 rings (SSSR count). The zero-order chi connectivity index (χ0) is 20.7. The van der Waals surface area contributed by atoms with Crippen molar-refractivity contribution in [2.24, 2.45) is 11.8 Å². The fraction of sp³-hybridized carbons (Fsp3) is 0.526. The number of amides is 1. The monoisotopic (exact) mass is 394 g/mol. The van der Waals surface area contributed by atoms with E-state index in [2.05, 4.69) is 24.1 Å². The molecule has 1 aromatic rings. The fourth-order valence-corrected chi connectivity index (χ4v) is 3.45. The van der Waals surface area contributed by atoms with E-state index in [-0.39, 0.29) is 5.91 Å². The lowest BCUT2D eigenvalue weighted by Crippen LogP contribution is -2.42. The number of carbonyl (C=O) groups excluding carboxylic acids is 1. The largest absolute Gasteiger partial charge is 0.486 e. The van der Waals surface area contributed by atoms with Crippen LogP contribution in [0.15, 0.2) is 18.2 Å². The summed E-state index contributed by atoms with van der Waals surface area (Å²) in [5.41, 5.74) is 0.757. The van der Waals surface area contributed by atoms with Crippen molar-refractivity contribution >= 4 is 23.5 Å². The van der Waals surface area contributed by atoms with E-state index in [1.807, 2.05) is 18.2 Å². The molecule has 0 aliphatic carbocycles. The fourth-order valence-electron chi connectivity index (χ4n) is 3.45. The van der Waals surface area contributed by atoms with Crippen molar-refractivity contribution in [3.63, 3.8) is 0 Å². The topological polar surface area (TPSA) is 125 Å². The molecule has 1 fully saturated rings. The summed E-state index contributed by atoms with van der Waals surface area (Å²) in [6.45, 7) is 8.07. The zero-order valence-corrected chi connectivity index (χ0v) is 16.0. The molecule has 3 N–H and O–H groups in total. The summed E-state index contributed by atoms with van der Waals surface area (Å²) in [6, 6.07) is 5.52. The number of carbonyl (C=O) groups is 3. The van der Waals surface area contributed by atoms with Gasteiger partial charge in [-0.2, -0.15) is 0 Å². The minimum atomic E-state index is -1.82. The predicted molar refractivity (Wildman–Crippen MR) is 101 cm³/mol. The third kappa shape index (κ3) is 6.73. The maximum Gasteiger partial charge on any atom is 0.414 e. The Balaban J connectivity index is 0.000000409. The molecule has 28 heavy (non-hydrogen) atoms. The molecular weight excluding hydrogens is 368 g/mol. The summed E-state index contributed by atoms with van der Waals surface area (Å²) in [5, 5.41) is 17.7. The summed E-state index contributed by atoms with van der Waals surface area (Å²) in [6.07, 6.45) is 1.25. The lowest BCUT2D eigenvalue weighted by Gasteiger charge is -2.34. The minimum absolute atomic E-state index is 0.0259. The summed E-state index contributed by atoms with van der Waals surface area (Å²) in [5.74, 6) is -0.869. The summed E-state index contributed by atoms with van der Waals surface area (Å²) >= 11 is 0. The Bertz CT molecular complexity index is 700. The second kappa shape index (κ2) is 9.93. The van der Waals surface area contributed by atoms with Crippen molar-refractivity contribution in [2.75, 3.05) is 38.2 Å². The number of carboxylic acids is 2. The highest BCUT2D eigenvalue weighted by Gasteiger charge is 2.23. The van der Waals surface area contributed by atoms with Crippen molar-refractivity contribution in [3.8, 4) is 11.5 Å². The number of hydrogen-bond acceptors (Lipinski definition) is 6. The molecule has 1 amide bonds. The Kier molecular flexibility index (Phi) is 7.62. The molecule has 1 aromatic carbocycles. The SMILES string of the molecule is CC1CC(C)CN(CC(=O)Nc2ccc3c(c2)OCCO3)C1.O=C(O)C(=O)O. The van der Waals surface area contributed by atoms with Crippen LogP contribution in [0.25, 0.3) is 0 Å². The van der Waals surface area contributed by atoms with Crippen LogP contribution in [-0.4, -0.2) is 65.8 Å². The number of fused-ring (bicyclic) bond motifs is 1. The first kappa shape index (κ1) is 21.5. The number of nitrogens with one attached hydrogen (secondary N) is 1. The molecule has 0 saturated carbocycles. The van der Waals surface area contributed by atoms with Gasteiger partial charge in [-0.15, -0.1) is 0 Å². The average molecular weight is 394 g/mol. The van der Waals surface area contributed by atoms with Crippen LogP contribution in [-0.2, 0) is 14.4 Å². The Morgan fingerprint density at radius 1 is 1.04 bits per heavy atom. The molecule has 2 atom stereocenters. The van der Waals surface area contributed by atoms with Gasteiger partial charge < -0.3 is 25.0 Å². The molecule has 9 heteroatoms. The summed E-state index contributed by atoms with van der Waals surface area (Å²) in [7, 11) is 0. The first-order valence-corrected chi connectivity index (χ1v) is 9.12. The van der Waals surface area contributed by atoms with Crippen LogP contribution < -0.4 is 14.8 Å². The molecule has 2 aliphatic heterocycles. The second-order valence-corrected chi connectivity index (χ2v) is 7.16. The smallest absolute Gasteiger partial charge is 0.414 e. The molecule has 2 unspecified atom stereocenters. The number of carboxylic acid groups (broad SMARTS) is 2. The van der Waals surface area contributed by atoms with Crippen molar-refractivity contribution in [1.29, 1.82) is 0 Å². The maximum atomic E-state index is 12.2. The number of rotatable bonds is 3. The Morgan fingerprint density at radius 3 is 2.18 bits per heavy atom. The highest BCUT2D eigenvalue weighted by molar-refractivity contribution is 6.27. The normalized spacial score (nSPS) is 21.1. The molecule has 9 nitrogen and oxygen atoms in total. The van der Waals surface area contributed by atoms with Crippen LogP contribution in [0.1, 0.15) is 20.3 Å². The van der Waals surface area contributed by atoms with E-state index in [4.69, 9.17) is 29.3 Å². The maximum absolute atomic E-state index is 12.2. The van der Waals surface area contributed by atoms with Crippen LogP contribution in [0.5, 0.6) is 11.5 Å². The minimum Gasteiger partial charge on any atom is -0.486 e. The van der Waals surface area contributed by atoms with Crippen molar-refractivity contribution in [3.05, 3.63) is 18.2 Å². The molecule has 2 aliphatic rings. The van der Waals surface area contributed by atoms with Gasteiger partial charge >= 0.3 is 11.9 Å². The van der Waals surface area contributed by atoms with Crippen LogP contribution in [0.3, 0.4) is 0 Å². The standard InChI is InChI=1S/C17H24N2O3.C2H2O4/c1-12-7-13(2)10-19(9-12)11-17(20)18-14-3-4-15-16(8-14)22-6-5-21-15;3-1(4)2(5)6/h3-4,8,12-13H,5-7,9-11H2,1-2H3,(H,18,20);(H,3,4)(H,5,6). The van der Waals surface area contributed by atoms with Crippen LogP contribution in [0.2, 0.25) is 0 Å². The first-order valence-electron chi connectivity index (χ1n) is 9.12. The van der Waals surface area contributed by atoms with E-state index in [0.717, 1.165) is 24.5 Å². The molecular formula is C19H26N2O7. The van der Waals surface area contributed by atoms with E-state index in [0.29, 0.717) is 37.3 Å². The lowest BCUT2D eigenvalue weighted by atomic mass is 9.92. The van der Waals surface area contributed by atoms with E-state index in [1.165, 1.54) is 6.42 Å². The van der Waals surface area contributed by atoms with E-state index in [1.54, 1.807) is 0 Å². The zero-order valence-electron chi connectivity index (χ0n) is 16.0. The van der Waals surface area contributed by atoms with Crippen LogP contribution >= 0.6 is 0 Å². The molecule has 0 bridgehead atoms. The highest BCUT2D eigenvalue weighted by atomic mass is 16.6. The molecule has 0 spiro atoms. The molecule has 154 valence electrons. The highest BCUT2D eigenvalue weighted by Crippen LogP contribution is 2.32. The van der Waals surface area contributed by atoms with Crippen molar-refractivity contribution in [2.45, 2.75) is 20.3 Å². The third-order valence-electron chi connectivity index (χ3n) is 4.32. The number of benzene rings is 1. The van der Waals surface area contributed by atoms with Crippen molar-refractivity contribution < 1.29 is 34.1 Å². The molecule has 0 radical (unpaired) electrons. The van der Waals surface area contributed by atoms with E-state index in [9.17, 15) is 4.79 Å². The number of hydrogen-bond donors (Lipinski definition) is 3. The Hall–Kier alpha value is -2.81. The molecule has 0 aromatic heterocycles. The lowest BCUT2D eigenvalue weighted by molar-refractivity contribution is -0.159. The average Bonchev–Trinajstić information content (AvgIpc) is 2.61. The summed E-state index contributed by atoms with van der Waals surface area (Å²) < 4.78 is 11.0. The number of anilines is 1. The second-order valence-electron chi connectivity index (χ2n) is 7.16. The number of piperidine rings is 1. The van der Waals surface area contributed by atoms with Gasteiger partial charge in [-0.3, -0.25) is 9.69 Å². The van der Waals surface area contributed by atoms with Crippen molar-refractivity contribution in [1.82, 2.24) is 4.90 Å². The van der Waals surface area contributed by atoms with Crippen LogP contribution in [0.4, 0.5) is 5.69 Å². The van der Waals surface area contributed by atoms with E-state index >= 15 is 0 Å². The van der Waals surface area contributed by atoms with Gasteiger partial charge in [-0.25, -0.2) is 9.59 Å². The van der Waals surface area contributed by atoms with Gasteiger partial charge in [-0.05, 0) is 30.4 Å². The Morgan fingerprint density at radius 2 is 1.61 bits per heavy atom. The number of ether oxygens (including phenoxy) is 2.